The maximum atomic E-state index is 5.78. The minimum atomic E-state index is 0.336. The number of nitrogens with zero attached hydrogens (tertiary/aromatic N) is 1. The number of hydrogen-bond acceptors (Lipinski definition) is 3. The molecule has 0 radical (unpaired) electrons. The van der Waals surface area contributed by atoms with Crippen molar-refractivity contribution >= 4 is 0 Å². The van der Waals surface area contributed by atoms with E-state index in [1.165, 1.54) is 25.9 Å². The second kappa shape index (κ2) is 8.23. The summed E-state index contributed by atoms with van der Waals surface area (Å²) in [7, 11) is 0. The molecule has 0 aromatic rings. The lowest BCUT2D eigenvalue weighted by atomic mass is 9.91. The number of piperidine rings is 1. The van der Waals surface area contributed by atoms with Crippen molar-refractivity contribution in [3.8, 4) is 0 Å². The van der Waals surface area contributed by atoms with Crippen molar-refractivity contribution in [3.05, 3.63) is 0 Å². The van der Waals surface area contributed by atoms with Gasteiger partial charge in [0.25, 0.3) is 0 Å². The van der Waals surface area contributed by atoms with E-state index in [2.05, 4.69) is 44.8 Å². The van der Waals surface area contributed by atoms with E-state index in [1.54, 1.807) is 0 Å². The van der Waals surface area contributed by atoms with Crippen molar-refractivity contribution in [2.75, 3.05) is 39.3 Å². The first-order valence-electron chi connectivity index (χ1n) is 7.97. The first kappa shape index (κ1) is 16.9. The largest absolute Gasteiger partial charge is 0.377 e. The van der Waals surface area contributed by atoms with Crippen LogP contribution in [0.2, 0.25) is 0 Å². The molecule has 1 rings (SSSR count). The van der Waals surface area contributed by atoms with Crippen LogP contribution in [0.5, 0.6) is 0 Å². The van der Waals surface area contributed by atoms with Crippen LogP contribution in [-0.4, -0.2) is 50.3 Å². The van der Waals surface area contributed by atoms with Crippen molar-refractivity contribution in [2.45, 2.75) is 53.6 Å². The van der Waals surface area contributed by atoms with Crippen molar-refractivity contribution in [3.63, 3.8) is 0 Å². The van der Waals surface area contributed by atoms with Crippen LogP contribution in [0.1, 0.15) is 47.5 Å². The third-order valence-electron chi connectivity index (χ3n) is 3.67. The zero-order valence-corrected chi connectivity index (χ0v) is 13.7. The minimum absolute atomic E-state index is 0.336. The van der Waals surface area contributed by atoms with E-state index < -0.39 is 0 Å². The van der Waals surface area contributed by atoms with Gasteiger partial charge in [0.1, 0.15) is 0 Å². The molecule has 0 saturated carbocycles. The summed E-state index contributed by atoms with van der Waals surface area (Å²) in [5, 5.41) is 3.59. The molecule has 0 bridgehead atoms. The Labute approximate surface area is 120 Å². The normalized spacial score (nSPS) is 22.1. The standard InChI is InChI=1S/C16H34N2O/c1-6-19-15-8-7-9-18(11-15)13-16(4,5)12-17-10-14(2)3/h14-15,17H,6-13H2,1-5H3. The molecule has 1 atom stereocenters. The summed E-state index contributed by atoms with van der Waals surface area (Å²) in [6.07, 6.45) is 2.97. The second-order valence-corrected chi connectivity index (χ2v) is 7.14. The summed E-state index contributed by atoms with van der Waals surface area (Å²) in [4.78, 5) is 2.58. The van der Waals surface area contributed by atoms with E-state index in [0.29, 0.717) is 11.5 Å². The van der Waals surface area contributed by atoms with Crippen LogP contribution in [0.15, 0.2) is 0 Å². The Morgan fingerprint density at radius 3 is 2.74 bits per heavy atom. The molecule has 1 heterocycles. The summed E-state index contributed by atoms with van der Waals surface area (Å²) in [5.41, 5.74) is 0.336. The lowest BCUT2D eigenvalue weighted by Crippen LogP contribution is -2.46. The van der Waals surface area contributed by atoms with Gasteiger partial charge in [-0.2, -0.15) is 0 Å². The van der Waals surface area contributed by atoms with Gasteiger partial charge in [-0.05, 0) is 44.2 Å². The Balaban J connectivity index is 2.30. The van der Waals surface area contributed by atoms with E-state index in [4.69, 9.17) is 4.74 Å². The average molecular weight is 270 g/mol. The Kier molecular flexibility index (Phi) is 7.33. The van der Waals surface area contributed by atoms with Crippen molar-refractivity contribution < 1.29 is 4.74 Å². The van der Waals surface area contributed by atoms with Crippen LogP contribution >= 0.6 is 0 Å². The fraction of sp³-hybridized carbons (Fsp3) is 1.00. The Hall–Kier alpha value is -0.120. The monoisotopic (exact) mass is 270 g/mol. The summed E-state index contributed by atoms with van der Waals surface area (Å²) >= 11 is 0. The maximum absolute atomic E-state index is 5.78. The number of hydrogen-bond donors (Lipinski definition) is 1. The maximum Gasteiger partial charge on any atom is 0.0702 e. The molecule has 0 amide bonds. The molecule has 3 nitrogen and oxygen atoms in total. The van der Waals surface area contributed by atoms with Gasteiger partial charge in [-0.1, -0.05) is 27.7 Å². The van der Waals surface area contributed by atoms with Gasteiger partial charge in [-0.15, -0.1) is 0 Å². The van der Waals surface area contributed by atoms with Gasteiger partial charge < -0.3 is 15.0 Å². The summed E-state index contributed by atoms with van der Waals surface area (Å²) < 4.78 is 5.78. The zero-order valence-electron chi connectivity index (χ0n) is 13.7. The van der Waals surface area contributed by atoms with Crippen LogP contribution in [0.25, 0.3) is 0 Å². The number of ether oxygens (including phenoxy) is 1. The fourth-order valence-corrected chi connectivity index (χ4v) is 2.89. The number of nitrogens with one attached hydrogen (secondary N) is 1. The second-order valence-electron chi connectivity index (χ2n) is 7.14. The average Bonchev–Trinajstić information content (AvgIpc) is 2.28. The van der Waals surface area contributed by atoms with Crippen LogP contribution in [-0.2, 0) is 4.74 Å². The Morgan fingerprint density at radius 1 is 1.37 bits per heavy atom. The first-order valence-corrected chi connectivity index (χ1v) is 7.97. The Morgan fingerprint density at radius 2 is 2.11 bits per heavy atom. The first-order chi connectivity index (χ1) is 8.93. The van der Waals surface area contributed by atoms with Crippen LogP contribution in [0.4, 0.5) is 0 Å². The zero-order chi connectivity index (χ0) is 14.3. The molecule has 1 aliphatic heterocycles. The van der Waals surface area contributed by atoms with Gasteiger partial charge in [0.2, 0.25) is 0 Å². The highest BCUT2D eigenvalue weighted by Gasteiger charge is 2.26. The van der Waals surface area contributed by atoms with Gasteiger partial charge in [0.15, 0.2) is 0 Å². The van der Waals surface area contributed by atoms with Crippen molar-refractivity contribution in [1.82, 2.24) is 10.2 Å². The van der Waals surface area contributed by atoms with E-state index in [9.17, 15) is 0 Å². The third-order valence-corrected chi connectivity index (χ3v) is 3.67. The van der Waals surface area contributed by atoms with E-state index in [1.807, 2.05) is 0 Å². The molecule has 114 valence electrons. The molecule has 1 saturated heterocycles. The Bertz CT molecular complexity index is 239. The summed E-state index contributed by atoms with van der Waals surface area (Å²) in [5.74, 6) is 0.730. The summed E-state index contributed by atoms with van der Waals surface area (Å²) in [6, 6.07) is 0. The lowest BCUT2D eigenvalue weighted by molar-refractivity contribution is -0.00363. The highest BCUT2D eigenvalue weighted by Crippen LogP contribution is 2.20. The predicted molar refractivity (Wildman–Crippen MR) is 82.6 cm³/mol. The minimum Gasteiger partial charge on any atom is -0.377 e. The smallest absolute Gasteiger partial charge is 0.0702 e. The molecule has 0 aliphatic carbocycles. The molecule has 3 heteroatoms. The quantitative estimate of drug-likeness (QED) is 0.734. The van der Waals surface area contributed by atoms with Crippen LogP contribution < -0.4 is 5.32 Å². The molecule has 19 heavy (non-hydrogen) atoms. The van der Waals surface area contributed by atoms with E-state index >= 15 is 0 Å². The fourth-order valence-electron chi connectivity index (χ4n) is 2.89. The molecule has 1 fully saturated rings. The molecular weight excluding hydrogens is 236 g/mol. The highest BCUT2D eigenvalue weighted by molar-refractivity contribution is 4.81. The summed E-state index contributed by atoms with van der Waals surface area (Å²) in [6.45, 7) is 17.9. The molecule has 0 spiro atoms. The number of rotatable bonds is 8. The molecular formula is C16H34N2O. The van der Waals surface area contributed by atoms with Gasteiger partial charge in [0, 0.05) is 26.2 Å². The molecule has 1 unspecified atom stereocenters. The molecule has 1 aliphatic rings. The van der Waals surface area contributed by atoms with Gasteiger partial charge >= 0.3 is 0 Å². The van der Waals surface area contributed by atoms with E-state index in [-0.39, 0.29) is 0 Å². The van der Waals surface area contributed by atoms with Gasteiger partial charge in [0.05, 0.1) is 6.10 Å². The van der Waals surface area contributed by atoms with Crippen LogP contribution in [0, 0.1) is 11.3 Å². The lowest BCUT2D eigenvalue weighted by Gasteiger charge is -2.38. The molecule has 0 aromatic carbocycles. The van der Waals surface area contributed by atoms with Crippen molar-refractivity contribution in [2.24, 2.45) is 11.3 Å². The van der Waals surface area contributed by atoms with E-state index in [0.717, 1.165) is 32.2 Å². The SMILES string of the molecule is CCOC1CCCN(CC(C)(C)CNCC(C)C)C1. The van der Waals surface area contributed by atoms with Crippen LogP contribution in [0.3, 0.4) is 0 Å². The molecule has 1 N–H and O–H groups in total. The topological polar surface area (TPSA) is 24.5 Å². The number of likely N-dealkylation sites (tertiary alicyclic amines) is 1. The molecule has 0 aromatic heterocycles. The highest BCUT2D eigenvalue weighted by atomic mass is 16.5. The third kappa shape index (κ3) is 7.28. The van der Waals surface area contributed by atoms with Gasteiger partial charge in [-0.3, -0.25) is 0 Å². The van der Waals surface area contributed by atoms with Gasteiger partial charge in [-0.25, -0.2) is 0 Å². The van der Waals surface area contributed by atoms with Crippen molar-refractivity contribution in [1.29, 1.82) is 0 Å². The predicted octanol–water partition coefficient (Wildman–Crippen LogP) is 2.76.